The molecule has 7 heteroatoms. The molecule has 0 aromatic heterocycles. The summed E-state index contributed by atoms with van der Waals surface area (Å²) in [6, 6.07) is 8.23. The number of halogens is 2. The third kappa shape index (κ3) is 3.21. The minimum absolute atomic E-state index is 0.00172. The van der Waals surface area contributed by atoms with Gasteiger partial charge in [-0.25, -0.2) is 8.78 Å². The van der Waals surface area contributed by atoms with Crippen LogP contribution in [0.4, 0.5) is 14.5 Å². The zero-order valence-electron chi connectivity index (χ0n) is 15.5. The number of hydrogen-bond acceptors (Lipinski definition) is 3. The first-order valence-corrected chi connectivity index (χ1v) is 9.35. The molecule has 2 heterocycles. The van der Waals surface area contributed by atoms with Crippen LogP contribution < -0.4 is 10.2 Å². The first-order chi connectivity index (χ1) is 13.5. The molecule has 1 saturated heterocycles. The predicted molar refractivity (Wildman–Crippen MR) is 101 cm³/mol. The van der Waals surface area contributed by atoms with Gasteiger partial charge in [0.1, 0.15) is 17.8 Å². The summed E-state index contributed by atoms with van der Waals surface area (Å²) >= 11 is 0. The maximum atomic E-state index is 13.7. The molecule has 2 aliphatic heterocycles. The van der Waals surface area contributed by atoms with Gasteiger partial charge in [0.2, 0.25) is 0 Å². The van der Waals surface area contributed by atoms with E-state index in [-0.39, 0.29) is 30.1 Å². The molecular formula is C21H21F2N3O2. The van der Waals surface area contributed by atoms with Crippen LogP contribution in [0.3, 0.4) is 0 Å². The maximum Gasteiger partial charge on any atom is 0.257 e. The summed E-state index contributed by atoms with van der Waals surface area (Å²) in [5, 5.41) is 2.65. The van der Waals surface area contributed by atoms with E-state index in [0.29, 0.717) is 11.1 Å². The molecule has 0 spiro atoms. The Hall–Kier alpha value is -2.96. The Kier molecular flexibility index (Phi) is 4.75. The number of nitrogens with one attached hydrogen (secondary N) is 1. The largest absolute Gasteiger partial charge is 0.354 e. The van der Waals surface area contributed by atoms with Gasteiger partial charge in [0.05, 0.1) is 11.3 Å². The number of piperidine rings is 1. The van der Waals surface area contributed by atoms with Crippen molar-refractivity contribution in [3.63, 3.8) is 0 Å². The number of hydrogen-bond donors (Lipinski definition) is 1. The van der Waals surface area contributed by atoms with Gasteiger partial charge in [-0.3, -0.25) is 9.59 Å². The third-order valence-corrected chi connectivity index (χ3v) is 5.50. The van der Waals surface area contributed by atoms with Gasteiger partial charge in [-0.15, -0.1) is 0 Å². The Morgan fingerprint density at radius 2 is 2.00 bits per heavy atom. The van der Waals surface area contributed by atoms with Gasteiger partial charge in [-0.1, -0.05) is 6.07 Å². The third-order valence-electron chi connectivity index (χ3n) is 5.50. The molecule has 1 fully saturated rings. The highest BCUT2D eigenvalue weighted by atomic mass is 19.1. The monoisotopic (exact) mass is 385 g/mol. The van der Waals surface area contributed by atoms with Crippen LogP contribution in [0.1, 0.15) is 45.5 Å². The average molecular weight is 385 g/mol. The van der Waals surface area contributed by atoms with Gasteiger partial charge in [-0.2, -0.15) is 0 Å². The summed E-state index contributed by atoms with van der Waals surface area (Å²) in [5.41, 5.74) is 1.92. The van der Waals surface area contributed by atoms with E-state index in [2.05, 4.69) is 5.32 Å². The van der Waals surface area contributed by atoms with Gasteiger partial charge in [0.15, 0.2) is 0 Å². The number of amides is 2. The number of carbonyl (C=O) groups excluding carboxylic acids is 2. The number of fused-ring (bicyclic) bond motifs is 2. The molecule has 0 bridgehead atoms. The fraction of sp³-hybridized carbons (Fsp3) is 0.333. The lowest BCUT2D eigenvalue weighted by molar-refractivity contribution is 0.0589. The second kappa shape index (κ2) is 7.22. The molecule has 1 unspecified atom stereocenters. The first-order valence-electron chi connectivity index (χ1n) is 9.35. The fourth-order valence-corrected chi connectivity index (χ4v) is 3.96. The van der Waals surface area contributed by atoms with Crippen molar-refractivity contribution in [2.75, 3.05) is 18.5 Å². The molecule has 2 aromatic rings. The normalized spacial score (nSPS) is 18.5. The molecular weight excluding hydrogens is 364 g/mol. The summed E-state index contributed by atoms with van der Waals surface area (Å²) in [5.74, 6) is -1.74. The Morgan fingerprint density at radius 3 is 2.79 bits per heavy atom. The molecule has 5 nitrogen and oxygen atoms in total. The van der Waals surface area contributed by atoms with Crippen LogP contribution in [0.5, 0.6) is 0 Å². The molecule has 1 N–H and O–H groups in total. The van der Waals surface area contributed by atoms with Crippen molar-refractivity contribution in [3.8, 4) is 0 Å². The lowest BCUT2D eigenvalue weighted by atomic mass is 9.97. The van der Waals surface area contributed by atoms with Crippen molar-refractivity contribution >= 4 is 17.5 Å². The Balaban J connectivity index is 1.54. The van der Waals surface area contributed by atoms with Crippen molar-refractivity contribution in [2.24, 2.45) is 0 Å². The number of anilines is 1. The van der Waals surface area contributed by atoms with Crippen molar-refractivity contribution < 1.29 is 18.4 Å². The number of carbonyl (C=O) groups is 2. The summed E-state index contributed by atoms with van der Waals surface area (Å²) in [6.45, 7) is 0.700. The van der Waals surface area contributed by atoms with Crippen LogP contribution in [-0.2, 0) is 6.54 Å². The van der Waals surface area contributed by atoms with E-state index in [9.17, 15) is 18.4 Å². The molecule has 4 rings (SSSR count). The Labute approximate surface area is 161 Å². The van der Waals surface area contributed by atoms with Crippen LogP contribution in [0, 0.1) is 11.6 Å². The van der Waals surface area contributed by atoms with E-state index >= 15 is 0 Å². The quantitative estimate of drug-likeness (QED) is 0.882. The summed E-state index contributed by atoms with van der Waals surface area (Å²) in [4.78, 5) is 29.3. The smallest absolute Gasteiger partial charge is 0.257 e. The highest BCUT2D eigenvalue weighted by Gasteiger charge is 2.37. The van der Waals surface area contributed by atoms with Crippen molar-refractivity contribution in [1.29, 1.82) is 0 Å². The van der Waals surface area contributed by atoms with E-state index < -0.39 is 11.6 Å². The van der Waals surface area contributed by atoms with Crippen LogP contribution in [0.2, 0.25) is 0 Å². The second-order valence-electron chi connectivity index (χ2n) is 7.24. The molecule has 2 aromatic carbocycles. The standard InChI is InChI=1S/C21H21F2N3O2/c1-25-18-10-13(20(27)24-12-14-5-7-15(22)11-17(14)23)6-8-16(18)21(28)26-9-3-2-4-19(25)26/h5-8,10-11,19H,2-4,9,12H2,1H3,(H,24,27). The van der Waals surface area contributed by atoms with Crippen LogP contribution in [0.25, 0.3) is 0 Å². The minimum atomic E-state index is -0.700. The Bertz CT molecular complexity index is 947. The zero-order chi connectivity index (χ0) is 19.8. The van der Waals surface area contributed by atoms with E-state index in [1.165, 1.54) is 6.07 Å². The highest BCUT2D eigenvalue weighted by Crippen LogP contribution is 2.34. The van der Waals surface area contributed by atoms with Gasteiger partial charge in [0.25, 0.3) is 11.8 Å². The number of rotatable bonds is 3. The maximum absolute atomic E-state index is 13.7. The van der Waals surface area contributed by atoms with E-state index in [0.717, 1.165) is 43.6 Å². The molecule has 146 valence electrons. The highest BCUT2D eigenvalue weighted by molar-refractivity contribution is 6.04. The number of nitrogens with zero attached hydrogens (tertiary/aromatic N) is 2. The molecule has 2 aliphatic rings. The summed E-state index contributed by atoms with van der Waals surface area (Å²) in [7, 11) is 1.93. The lowest BCUT2D eigenvalue weighted by Gasteiger charge is -2.46. The van der Waals surface area contributed by atoms with Crippen LogP contribution >= 0.6 is 0 Å². The van der Waals surface area contributed by atoms with Gasteiger partial charge < -0.3 is 15.1 Å². The first kappa shape index (κ1) is 18.4. The van der Waals surface area contributed by atoms with Gasteiger partial charge in [0, 0.05) is 37.3 Å². The number of benzene rings is 2. The van der Waals surface area contributed by atoms with Crippen molar-refractivity contribution in [2.45, 2.75) is 32.0 Å². The molecule has 28 heavy (non-hydrogen) atoms. The average Bonchev–Trinajstić information content (AvgIpc) is 2.71. The molecule has 0 aliphatic carbocycles. The van der Waals surface area contributed by atoms with Gasteiger partial charge in [-0.05, 0) is 43.5 Å². The SMILES string of the molecule is CN1c2cc(C(=O)NCc3ccc(F)cc3F)ccc2C(=O)N2CCCCC21. The summed E-state index contributed by atoms with van der Waals surface area (Å²) in [6.07, 6.45) is 2.99. The predicted octanol–water partition coefficient (Wildman–Crippen LogP) is 3.30. The van der Waals surface area contributed by atoms with Crippen LogP contribution in [0.15, 0.2) is 36.4 Å². The molecule has 1 atom stereocenters. The fourth-order valence-electron chi connectivity index (χ4n) is 3.96. The van der Waals surface area contributed by atoms with Gasteiger partial charge >= 0.3 is 0 Å². The Morgan fingerprint density at radius 1 is 1.18 bits per heavy atom. The molecule has 2 amide bonds. The molecule has 0 saturated carbocycles. The summed E-state index contributed by atoms with van der Waals surface area (Å²) < 4.78 is 26.7. The van der Waals surface area contributed by atoms with Crippen molar-refractivity contribution in [1.82, 2.24) is 10.2 Å². The van der Waals surface area contributed by atoms with E-state index in [1.54, 1.807) is 18.2 Å². The van der Waals surface area contributed by atoms with E-state index in [4.69, 9.17) is 0 Å². The minimum Gasteiger partial charge on any atom is -0.354 e. The van der Waals surface area contributed by atoms with E-state index in [1.807, 2.05) is 16.8 Å². The van der Waals surface area contributed by atoms with Crippen molar-refractivity contribution in [3.05, 3.63) is 64.7 Å². The topological polar surface area (TPSA) is 52.7 Å². The lowest BCUT2D eigenvalue weighted by Crippen LogP contribution is -2.55. The van der Waals surface area contributed by atoms with Crippen LogP contribution in [-0.4, -0.2) is 36.5 Å². The zero-order valence-corrected chi connectivity index (χ0v) is 15.5. The second-order valence-corrected chi connectivity index (χ2v) is 7.24. The molecule has 0 radical (unpaired) electrons.